The van der Waals surface area contributed by atoms with Crippen molar-refractivity contribution in [3.8, 4) is 5.75 Å². The molecule has 0 saturated carbocycles. The summed E-state index contributed by atoms with van der Waals surface area (Å²) in [7, 11) is 1.74. The van der Waals surface area contributed by atoms with Crippen LogP contribution in [0.1, 0.15) is 12.8 Å². The van der Waals surface area contributed by atoms with Crippen LogP contribution >= 0.6 is 22.3 Å². The van der Waals surface area contributed by atoms with Crippen molar-refractivity contribution in [1.82, 2.24) is 0 Å². The predicted octanol–water partition coefficient (Wildman–Crippen LogP) is 3.22. The fraction of sp³-hybridized carbons (Fsp3) is 0.538. The van der Waals surface area contributed by atoms with Gasteiger partial charge < -0.3 is 9.47 Å². The van der Waals surface area contributed by atoms with Crippen molar-refractivity contribution in [3.05, 3.63) is 29.0 Å². The lowest BCUT2D eigenvalue weighted by Gasteiger charge is -2.35. The molecule has 1 aliphatic heterocycles. The molecule has 2 rings (SSSR count). The maximum absolute atomic E-state index is 13.1. The first-order valence-corrected chi connectivity index (χ1v) is 9.23. The van der Waals surface area contributed by atoms with Crippen molar-refractivity contribution in [1.29, 1.82) is 0 Å². The molecule has 0 N–H and O–H groups in total. The molecular formula is C13H15Cl2FO4S. The Morgan fingerprint density at radius 1 is 1.33 bits per heavy atom. The van der Waals surface area contributed by atoms with Gasteiger partial charge in [0.15, 0.2) is 0 Å². The van der Waals surface area contributed by atoms with Gasteiger partial charge in [-0.1, -0.05) is 11.6 Å². The Morgan fingerprint density at radius 2 is 2.00 bits per heavy atom. The van der Waals surface area contributed by atoms with Crippen LogP contribution in [0.2, 0.25) is 5.02 Å². The highest BCUT2D eigenvalue weighted by molar-refractivity contribution is 8.13. The Labute approximate surface area is 132 Å². The summed E-state index contributed by atoms with van der Waals surface area (Å²) >= 11 is 5.68. The van der Waals surface area contributed by atoms with Crippen LogP contribution in [0.25, 0.3) is 0 Å². The number of benzene rings is 1. The first-order valence-electron chi connectivity index (χ1n) is 6.38. The number of ether oxygens (including phenoxy) is 2. The fourth-order valence-electron chi connectivity index (χ4n) is 2.30. The predicted molar refractivity (Wildman–Crippen MR) is 79.0 cm³/mol. The van der Waals surface area contributed by atoms with Gasteiger partial charge in [-0.25, -0.2) is 12.8 Å². The van der Waals surface area contributed by atoms with Crippen molar-refractivity contribution in [2.75, 3.05) is 25.6 Å². The van der Waals surface area contributed by atoms with Crippen LogP contribution in [0.4, 0.5) is 4.39 Å². The Bertz CT molecular complexity index is 600. The normalized spacial score (nSPS) is 18.4. The lowest BCUT2D eigenvalue weighted by Crippen LogP contribution is -2.40. The second kappa shape index (κ2) is 6.69. The Balaban J connectivity index is 2.10. The zero-order valence-corrected chi connectivity index (χ0v) is 13.5. The summed E-state index contributed by atoms with van der Waals surface area (Å²) in [4.78, 5) is 0. The van der Waals surface area contributed by atoms with Crippen LogP contribution in [0.5, 0.6) is 5.75 Å². The van der Waals surface area contributed by atoms with Crippen LogP contribution < -0.4 is 4.74 Å². The molecule has 0 aliphatic carbocycles. The van der Waals surface area contributed by atoms with E-state index in [0.717, 1.165) is 0 Å². The highest BCUT2D eigenvalue weighted by Gasteiger charge is 2.37. The van der Waals surface area contributed by atoms with Gasteiger partial charge in [-0.15, -0.1) is 0 Å². The SMILES string of the molecule is O=S(=O)(Cl)CC1(COc2ccc(F)c(Cl)c2)CCOCC1. The fourth-order valence-corrected chi connectivity index (χ4v) is 4.27. The number of halogens is 3. The Hall–Kier alpha value is -0.560. The molecule has 1 aliphatic rings. The maximum Gasteiger partial charge on any atom is 0.233 e. The van der Waals surface area contributed by atoms with Crippen LogP contribution in [0, 0.1) is 11.2 Å². The van der Waals surface area contributed by atoms with E-state index >= 15 is 0 Å². The molecule has 0 atom stereocenters. The van der Waals surface area contributed by atoms with Crippen LogP contribution in [-0.2, 0) is 13.8 Å². The lowest BCUT2D eigenvalue weighted by molar-refractivity contribution is 0.00227. The average molecular weight is 357 g/mol. The summed E-state index contributed by atoms with van der Waals surface area (Å²) in [5, 5.41) is -0.0431. The molecule has 0 unspecified atom stereocenters. The quantitative estimate of drug-likeness (QED) is 0.760. The molecule has 118 valence electrons. The van der Waals surface area contributed by atoms with Gasteiger partial charge >= 0.3 is 0 Å². The van der Waals surface area contributed by atoms with Gasteiger partial charge in [0.1, 0.15) is 11.6 Å². The summed E-state index contributed by atoms with van der Waals surface area (Å²) in [6.45, 7) is 1.07. The number of hydrogen-bond acceptors (Lipinski definition) is 4. The topological polar surface area (TPSA) is 52.6 Å². The molecule has 1 aromatic carbocycles. The minimum absolute atomic E-state index is 0.0431. The van der Waals surface area contributed by atoms with Gasteiger partial charge in [0.05, 0.1) is 17.4 Å². The van der Waals surface area contributed by atoms with Crippen LogP contribution in [0.3, 0.4) is 0 Å². The van der Waals surface area contributed by atoms with E-state index in [2.05, 4.69) is 0 Å². The van der Waals surface area contributed by atoms with Gasteiger partial charge in [0.25, 0.3) is 0 Å². The molecular weight excluding hydrogens is 342 g/mol. The lowest BCUT2D eigenvalue weighted by atomic mass is 9.83. The van der Waals surface area contributed by atoms with Crippen LogP contribution in [-0.4, -0.2) is 34.0 Å². The molecule has 0 bridgehead atoms. The Kier molecular flexibility index (Phi) is 5.35. The van der Waals surface area contributed by atoms with E-state index in [1.54, 1.807) is 0 Å². The molecule has 4 nitrogen and oxygen atoms in total. The second-order valence-corrected chi connectivity index (χ2v) is 8.34. The molecule has 0 amide bonds. The largest absolute Gasteiger partial charge is 0.493 e. The highest BCUT2D eigenvalue weighted by atomic mass is 35.7. The molecule has 1 heterocycles. The van der Waals surface area contributed by atoms with Crippen molar-refractivity contribution < 1.29 is 22.3 Å². The molecule has 0 spiro atoms. The summed E-state index contributed by atoms with van der Waals surface area (Å²) in [5.74, 6) is -0.327. The Morgan fingerprint density at radius 3 is 2.57 bits per heavy atom. The number of rotatable bonds is 5. The van der Waals surface area contributed by atoms with E-state index in [9.17, 15) is 12.8 Å². The van der Waals surface area contributed by atoms with E-state index in [-0.39, 0.29) is 17.4 Å². The second-order valence-electron chi connectivity index (χ2n) is 5.16. The van der Waals surface area contributed by atoms with Crippen molar-refractivity contribution in [2.24, 2.45) is 5.41 Å². The molecule has 8 heteroatoms. The van der Waals surface area contributed by atoms with E-state index in [0.29, 0.717) is 31.8 Å². The molecule has 1 saturated heterocycles. The van der Waals surface area contributed by atoms with Crippen molar-refractivity contribution >= 4 is 31.3 Å². The molecule has 0 aromatic heterocycles. The van der Waals surface area contributed by atoms with Gasteiger partial charge in [-0.05, 0) is 25.0 Å². The zero-order chi connectivity index (χ0) is 15.5. The smallest absolute Gasteiger partial charge is 0.233 e. The maximum atomic E-state index is 13.1. The molecule has 1 aromatic rings. The van der Waals surface area contributed by atoms with Gasteiger partial charge in [-0.3, -0.25) is 0 Å². The van der Waals surface area contributed by atoms with E-state index in [1.165, 1.54) is 18.2 Å². The zero-order valence-electron chi connectivity index (χ0n) is 11.1. The standard InChI is InChI=1S/C13H15Cl2FO4S/c14-11-7-10(1-2-12(11)16)20-8-13(9-21(15,17)18)3-5-19-6-4-13/h1-2,7H,3-6,8-9H2. The molecule has 1 fully saturated rings. The van der Waals surface area contributed by atoms with Crippen molar-refractivity contribution in [2.45, 2.75) is 12.8 Å². The monoisotopic (exact) mass is 356 g/mol. The van der Waals surface area contributed by atoms with Gasteiger partial charge in [0.2, 0.25) is 9.05 Å². The minimum atomic E-state index is -3.65. The highest BCUT2D eigenvalue weighted by Crippen LogP contribution is 2.34. The summed E-state index contributed by atoms with van der Waals surface area (Å²) in [5.41, 5.74) is -0.598. The third-order valence-corrected chi connectivity index (χ3v) is 5.04. The molecule has 21 heavy (non-hydrogen) atoms. The van der Waals surface area contributed by atoms with E-state index in [4.69, 9.17) is 31.8 Å². The number of hydrogen-bond donors (Lipinski definition) is 0. The van der Waals surface area contributed by atoms with E-state index < -0.39 is 20.3 Å². The first-order chi connectivity index (χ1) is 9.80. The molecule has 0 radical (unpaired) electrons. The van der Waals surface area contributed by atoms with E-state index in [1.807, 2.05) is 0 Å². The van der Waals surface area contributed by atoms with Crippen LogP contribution in [0.15, 0.2) is 18.2 Å². The minimum Gasteiger partial charge on any atom is -0.493 e. The summed E-state index contributed by atoms with van der Waals surface area (Å²) in [6, 6.07) is 4.01. The first kappa shape index (κ1) is 16.8. The van der Waals surface area contributed by atoms with Gasteiger partial charge in [0, 0.05) is 35.4 Å². The third-order valence-electron chi connectivity index (χ3n) is 3.47. The average Bonchev–Trinajstić information content (AvgIpc) is 2.39. The summed E-state index contributed by atoms with van der Waals surface area (Å²) in [6.07, 6.45) is 1.07. The van der Waals surface area contributed by atoms with Gasteiger partial charge in [-0.2, -0.15) is 0 Å². The van der Waals surface area contributed by atoms with Crippen molar-refractivity contribution in [3.63, 3.8) is 0 Å². The summed E-state index contributed by atoms with van der Waals surface area (Å²) < 4.78 is 46.8. The third kappa shape index (κ3) is 4.98.